The number of nitrogens with two attached hydrogens (primary N) is 1. The van der Waals surface area contributed by atoms with E-state index in [1.54, 1.807) is 6.08 Å². The zero-order valence-corrected chi connectivity index (χ0v) is 13.6. The molecule has 0 saturated carbocycles. The molecule has 0 aliphatic rings. The molecule has 0 aromatic carbocycles. The molecule has 0 rings (SSSR count). The predicted molar refractivity (Wildman–Crippen MR) is 85.7 cm³/mol. The summed E-state index contributed by atoms with van der Waals surface area (Å²) in [6, 6.07) is -0.453. The van der Waals surface area contributed by atoms with Crippen LogP contribution in [0.1, 0.15) is 19.3 Å². The molecule has 0 bridgehead atoms. The van der Waals surface area contributed by atoms with Crippen LogP contribution in [-0.4, -0.2) is 81.0 Å². The van der Waals surface area contributed by atoms with Crippen molar-refractivity contribution in [1.29, 1.82) is 0 Å². The Morgan fingerprint density at radius 2 is 1.50 bits per heavy atom. The van der Waals surface area contributed by atoms with Gasteiger partial charge in [0.25, 0.3) is 0 Å². The molecular weight excluding hydrogens is 252 g/mol. The van der Waals surface area contributed by atoms with Gasteiger partial charge in [-0.25, -0.2) is 0 Å². The fraction of sp³-hybridized carbons (Fsp3) is 0.800. The summed E-state index contributed by atoms with van der Waals surface area (Å²) in [5.74, 6) is 0.0439. The second-order valence-electron chi connectivity index (χ2n) is 5.77. The number of amides is 1. The molecule has 0 heterocycles. The highest BCUT2D eigenvalue weighted by Gasteiger charge is 2.19. The molecule has 0 radical (unpaired) electrons. The molecule has 0 aromatic rings. The van der Waals surface area contributed by atoms with E-state index in [2.05, 4.69) is 16.4 Å². The lowest BCUT2D eigenvalue weighted by molar-refractivity contribution is -0.132. The molecule has 1 amide bonds. The van der Waals surface area contributed by atoms with Crippen molar-refractivity contribution in [1.82, 2.24) is 14.7 Å². The molecule has 0 aliphatic heterocycles. The van der Waals surface area contributed by atoms with E-state index < -0.39 is 6.04 Å². The monoisotopic (exact) mass is 284 g/mol. The highest BCUT2D eigenvalue weighted by Crippen LogP contribution is 2.02. The van der Waals surface area contributed by atoms with E-state index in [1.165, 1.54) is 0 Å². The molecule has 5 heteroatoms. The molecular formula is C15H32N4O. The number of hydrogen-bond donors (Lipinski definition) is 1. The number of rotatable bonds is 11. The molecule has 0 aromatic heterocycles. The van der Waals surface area contributed by atoms with Crippen LogP contribution in [0.3, 0.4) is 0 Å². The van der Waals surface area contributed by atoms with Gasteiger partial charge in [-0.1, -0.05) is 6.08 Å². The van der Waals surface area contributed by atoms with Gasteiger partial charge in [0, 0.05) is 13.1 Å². The smallest absolute Gasteiger partial charge is 0.239 e. The fourth-order valence-electron chi connectivity index (χ4n) is 2.00. The number of carbonyl (C=O) groups is 1. The first-order valence-corrected chi connectivity index (χ1v) is 7.33. The van der Waals surface area contributed by atoms with Crippen molar-refractivity contribution in [2.75, 3.05) is 54.4 Å². The Balaban J connectivity index is 4.35. The molecule has 118 valence electrons. The predicted octanol–water partition coefficient (Wildman–Crippen LogP) is 0.622. The Kier molecular flexibility index (Phi) is 10.3. The van der Waals surface area contributed by atoms with Crippen molar-refractivity contribution in [3.63, 3.8) is 0 Å². The summed E-state index contributed by atoms with van der Waals surface area (Å²) in [5, 5.41) is 0. The van der Waals surface area contributed by atoms with Crippen molar-refractivity contribution < 1.29 is 4.79 Å². The molecule has 5 nitrogen and oxygen atoms in total. The van der Waals surface area contributed by atoms with Crippen LogP contribution in [0.5, 0.6) is 0 Å². The van der Waals surface area contributed by atoms with E-state index in [9.17, 15) is 4.79 Å². The molecule has 0 saturated heterocycles. The van der Waals surface area contributed by atoms with E-state index in [1.807, 2.05) is 33.1 Å². The van der Waals surface area contributed by atoms with Crippen LogP contribution in [0.4, 0.5) is 0 Å². The minimum absolute atomic E-state index is 0.0439. The summed E-state index contributed by atoms with van der Waals surface area (Å²) < 4.78 is 0. The molecule has 1 atom stereocenters. The van der Waals surface area contributed by atoms with Gasteiger partial charge in [-0.05, 0) is 60.5 Å². The minimum Gasteiger partial charge on any atom is -0.341 e. The summed E-state index contributed by atoms with van der Waals surface area (Å²) in [6.45, 7) is 7.16. The van der Waals surface area contributed by atoms with Gasteiger partial charge in [0.2, 0.25) is 5.91 Å². The van der Waals surface area contributed by atoms with Gasteiger partial charge in [-0.2, -0.15) is 0 Å². The summed E-state index contributed by atoms with van der Waals surface area (Å²) >= 11 is 0. The van der Waals surface area contributed by atoms with Crippen LogP contribution in [0.2, 0.25) is 0 Å². The van der Waals surface area contributed by atoms with Crippen molar-refractivity contribution in [3.05, 3.63) is 12.7 Å². The lowest BCUT2D eigenvalue weighted by atomic mass is 10.1. The number of hydrogen-bond acceptors (Lipinski definition) is 4. The molecule has 0 aliphatic carbocycles. The first-order chi connectivity index (χ1) is 9.38. The molecule has 20 heavy (non-hydrogen) atoms. The summed E-state index contributed by atoms with van der Waals surface area (Å²) in [7, 11) is 8.17. The second-order valence-corrected chi connectivity index (χ2v) is 5.77. The highest BCUT2D eigenvalue weighted by molar-refractivity contribution is 5.81. The van der Waals surface area contributed by atoms with Gasteiger partial charge < -0.3 is 20.4 Å². The Bertz CT molecular complexity index is 265. The van der Waals surface area contributed by atoms with Gasteiger partial charge in [0.05, 0.1) is 6.04 Å². The average Bonchev–Trinajstić information content (AvgIpc) is 2.35. The molecule has 0 fully saturated rings. The van der Waals surface area contributed by atoms with Gasteiger partial charge in [0.15, 0.2) is 0 Å². The van der Waals surface area contributed by atoms with Crippen LogP contribution in [-0.2, 0) is 4.79 Å². The van der Waals surface area contributed by atoms with E-state index in [4.69, 9.17) is 5.73 Å². The first-order valence-electron chi connectivity index (χ1n) is 7.33. The Labute approximate surface area is 124 Å². The quantitative estimate of drug-likeness (QED) is 0.565. The average molecular weight is 284 g/mol. The molecule has 1 unspecified atom stereocenters. The zero-order valence-electron chi connectivity index (χ0n) is 13.6. The van der Waals surface area contributed by atoms with Crippen LogP contribution in [0, 0.1) is 0 Å². The summed E-state index contributed by atoms with van der Waals surface area (Å²) in [4.78, 5) is 18.5. The fourth-order valence-corrected chi connectivity index (χ4v) is 2.00. The van der Waals surface area contributed by atoms with Crippen LogP contribution in [0.15, 0.2) is 12.7 Å². The highest BCUT2D eigenvalue weighted by atomic mass is 16.2. The van der Waals surface area contributed by atoms with Crippen molar-refractivity contribution in [2.45, 2.75) is 25.3 Å². The number of nitrogens with zero attached hydrogens (tertiary/aromatic N) is 3. The van der Waals surface area contributed by atoms with Crippen molar-refractivity contribution >= 4 is 5.91 Å². The topological polar surface area (TPSA) is 52.8 Å². The third-order valence-corrected chi connectivity index (χ3v) is 3.12. The minimum atomic E-state index is -0.453. The van der Waals surface area contributed by atoms with E-state index in [0.717, 1.165) is 39.0 Å². The second kappa shape index (κ2) is 10.8. The number of carbonyl (C=O) groups excluding carboxylic acids is 1. The Morgan fingerprint density at radius 3 is 1.85 bits per heavy atom. The van der Waals surface area contributed by atoms with Crippen molar-refractivity contribution in [2.24, 2.45) is 5.73 Å². The van der Waals surface area contributed by atoms with Gasteiger partial charge >= 0.3 is 0 Å². The van der Waals surface area contributed by atoms with Gasteiger partial charge in [-0.15, -0.1) is 6.58 Å². The van der Waals surface area contributed by atoms with Gasteiger partial charge in [0.1, 0.15) is 0 Å². The van der Waals surface area contributed by atoms with E-state index >= 15 is 0 Å². The van der Waals surface area contributed by atoms with Crippen molar-refractivity contribution in [3.8, 4) is 0 Å². The maximum atomic E-state index is 12.3. The van der Waals surface area contributed by atoms with E-state index in [0.29, 0.717) is 6.42 Å². The maximum absolute atomic E-state index is 12.3. The zero-order chi connectivity index (χ0) is 15.5. The summed E-state index contributed by atoms with van der Waals surface area (Å²) in [6.07, 6.45) is 4.19. The summed E-state index contributed by atoms with van der Waals surface area (Å²) in [5.41, 5.74) is 5.91. The third kappa shape index (κ3) is 9.07. The lowest BCUT2D eigenvalue weighted by Crippen LogP contribution is -2.45. The molecule has 0 spiro atoms. The Hall–Kier alpha value is -0.910. The van der Waals surface area contributed by atoms with Crippen LogP contribution < -0.4 is 5.73 Å². The maximum Gasteiger partial charge on any atom is 0.239 e. The normalized spacial score (nSPS) is 12.8. The SMILES string of the molecule is C=CCC(N)C(=O)N(CCCN(C)C)CCCN(C)C. The first kappa shape index (κ1) is 19.1. The van der Waals surface area contributed by atoms with Crippen LogP contribution in [0.25, 0.3) is 0 Å². The standard InChI is InChI=1S/C15H32N4O/c1-6-9-14(16)15(20)19(12-7-10-17(2)3)13-8-11-18(4)5/h6,14H,1,7-13,16H2,2-5H3. The van der Waals surface area contributed by atoms with Gasteiger partial charge in [-0.3, -0.25) is 4.79 Å². The van der Waals surface area contributed by atoms with Crippen LogP contribution >= 0.6 is 0 Å². The molecule has 2 N–H and O–H groups in total. The van der Waals surface area contributed by atoms with E-state index in [-0.39, 0.29) is 5.91 Å². The Morgan fingerprint density at radius 1 is 1.05 bits per heavy atom. The third-order valence-electron chi connectivity index (χ3n) is 3.12. The largest absolute Gasteiger partial charge is 0.341 e. The lowest BCUT2D eigenvalue weighted by Gasteiger charge is -2.26.